The maximum absolute atomic E-state index is 10.1. The Balaban J connectivity index is 2.13. The van der Waals surface area contributed by atoms with E-state index in [4.69, 9.17) is 0 Å². The molecule has 0 amide bonds. The Morgan fingerprint density at radius 3 is 2.58 bits per heavy atom. The molecule has 4 nitrogen and oxygen atoms in total. The first-order chi connectivity index (χ1) is 9.08. The lowest BCUT2D eigenvalue weighted by Gasteiger charge is -2.14. The van der Waals surface area contributed by atoms with E-state index in [-0.39, 0.29) is 17.4 Å². The van der Waals surface area contributed by atoms with Crippen LogP contribution in [0.25, 0.3) is 11.3 Å². The number of nitrogens with zero attached hydrogens (tertiary/aromatic N) is 2. The second kappa shape index (κ2) is 4.30. The number of rotatable bonds is 3. The molecular formula is C15H18N2O2. The number of hydrogen-bond donors (Lipinski definition) is 2. The average Bonchev–Trinajstić information content (AvgIpc) is 3.08. The van der Waals surface area contributed by atoms with Gasteiger partial charge in [-0.3, -0.25) is 0 Å². The van der Waals surface area contributed by atoms with Crippen molar-refractivity contribution in [1.82, 2.24) is 9.55 Å². The molecule has 0 radical (unpaired) electrons. The number of aromatic nitrogens is 2. The molecule has 1 fully saturated rings. The van der Waals surface area contributed by atoms with Crippen molar-refractivity contribution in [3.05, 3.63) is 30.2 Å². The van der Waals surface area contributed by atoms with Crippen molar-refractivity contribution in [1.29, 1.82) is 0 Å². The summed E-state index contributed by atoms with van der Waals surface area (Å²) in [5.41, 5.74) is 2.50. The molecule has 2 N–H and O–H groups in total. The quantitative estimate of drug-likeness (QED) is 0.886. The van der Waals surface area contributed by atoms with Gasteiger partial charge in [-0.25, -0.2) is 4.98 Å². The first-order valence-corrected chi connectivity index (χ1v) is 6.66. The van der Waals surface area contributed by atoms with E-state index in [1.54, 1.807) is 6.20 Å². The van der Waals surface area contributed by atoms with Crippen LogP contribution in [0.1, 0.15) is 44.2 Å². The number of imidazole rings is 1. The minimum Gasteiger partial charge on any atom is -0.508 e. The molecule has 0 aliphatic heterocycles. The fourth-order valence-electron chi connectivity index (χ4n) is 2.42. The normalized spacial score (nSPS) is 15.1. The van der Waals surface area contributed by atoms with Gasteiger partial charge in [-0.15, -0.1) is 0 Å². The second-order valence-electron chi connectivity index (χ2n) is 5.50. The van der Waals surface area contributed by atoms with Gasteiger partial charge in [-0.2, -0.15) is 0 Å². The zero-order chi connectivity index (χ0) is 13.6. The van der Waals surface area contributed by atoms with Crippen molar-refractivity contribution in [2.24, 2.45) is 0 Å². The maximum Gasteiger partial charge on any atom is 0.128 e. The van der Waals surface area contributed by atoms with E-state index in [1.165, 1.54) is 18.9 Å². The lowest BCUT2D eigenvalue weighted by Crippen LogP contribution is -1.96. The highest BCUT2D eigenvalue weighted by Gasteiger charge is 2.26. The summed E-state index contributed by atoms with van der Waals surface area (Å²) in [6, 6.07) is 3.80. The summed E-state index contributed by atoms with van der Waals surface area (Å²) in [7, 11) is 0. The van der Waals surface area contributed by atoms with E-state index >= 15 is 0 Å². The Hall–Kier alpha value is -1.97. The van der Waals surface area contributed by atoms with Crippen LogP contribution < -0.4 is 0 Å². The van der Waals surface area contributed by atoms with Crippen molar-refractivity contribution in [3.8, 4) is 22.8 Å². The van der Waals surface area contributed by atoms with Crippen molar-refractivity contribution in [2.45, 2.75) is 38.6 Å². The van der Waals surface area contributed by atoms with E-state index in [0.29, 0.717) is 6.04 Å². The lowest BCUT2D eigenvalue weighted by atomic mass is 9.98. The highest BCUT2D eigenvalue weighted by Crippen LogP contribution is 2.42. The Bertz CT molecular complexity index is 613. The predicted molar refractivity (Wildman–Crippen MR) is 73.4 cm³/mol. The number of phenols is 2. The van der Waals surface area contributed by atoms with Gasteiger partial charge < -0.3 is 14.8 Å². The van der Waals surface area contributed by atoms with Crippen LogP contribution in [0.15, 0.2) is 24.7 Å². The van der Waals surface area contributed by atoms with Crippen molar-refractivity contribution >= 4 is 0 Å². The molecule has 1 aliphatic carbocycles. The van der Waals surface area contributed by atoms with E-state index in [9.17, 15) is 10.2 Å². The van der Waals surface area contributed by atoms with Gasteiger partial charge in [-0.05, 0) is 30.4 Å². The van der Waals surface area contributed by atoms with Crippen LogP contribution in [0, 0.1) is 0 Å². The van der Waals surface area contributed by atoms with Crippen molar-refractivity contribution < 1.29 is 10.2 Å². The van der Waals surface area contributed by atoms with E-state index < -0.39 is 0 Å². The second-order valence-corrected chi connectivity index (χ2v) is 5.50. The minimum atomic E-state index is 0.101. The SMILES string of the molecule is CC(C)c1cc(-c2cncn2C2CC2)c(O)cc1O. The van der Waals surface area contributed by atoms with Crippen molar-refractivity contribution in [3.63, 3.8) is 0 Å². The Morgan fingerprint density at radius 1 is 1.21 bits per heavy atom. The zero-order valence-corrected chi connectivity index (χ0v) is 11.2. The third-order valence-electron chi connectivity index (χ3n) is 3.65. The van der Waals surface area contributed by atoms with Gasteiger partial charge in [0.1, 0.15) is 11.5 Å². The molecule has 1 aromatic heterocycles. The van der Waals surface area contributed by atoms with Crippen LogP contribution in [-0.2, 0) is 0 Å². The van der Waals surface area contributed by atoms with Gasteiger partial charge in [0.25, 0.3) is 0 Å². The summed E-state index contributed by atoms with van der Waals surface area (Å²) in [5.74, 6) is 0.453. The molecule has 3 rings (SSSR count). The van der Waals surface area contributed by atoms with Gasteiger partial charge in [0.2, 0.25) is 0 Å². The highest BCUT2D eigenvalue weighted by molar-refractivity contribution is 5.70. The van der Waals surface area contributed by atoms with Crippen LogP contribution in [0.2, 0.25) is 0 Å². The lowest BCUT2D eigenvalue weighted by molar-refractivity contribution is 0.444. The number of aromatic hydroxyl groups is 2. The Kier molecular flexibility index (Phi) is 2.73. The summed E-state index contributed by atoms with van der Waals surface area (Å²) >= 11 is 0. The van der Waals surface area contributed by atoms with Crippen LogP contribution in [0.3, 0.4) is 0 Å². The Labute approximate surface area is 112 Å². The molecule has 0 atom stereocenters. The summed E-state index contributed by atoms with van der Waals surface area (Å²) < 4.78 is 2.11. The third kappa shape index (κ3) is 2.07. The minimum absolute atomic E-state index is 0.101. The maximum atomic E-state index is 10.1. The first kappa shape index (κ1) is 12.1. The molecule has 2 aromatic rings. The first-order valence-electron chi connectivity index (χ1n) is 6.66. The largest absolute Gasteiger partial charge is 0.508 e. The predicted octanol–water partition coefficient (Wildman–Crippen LogP) is 3.42. The van der Waals surface area contributed by atoms with Gasteiger partial charge >= 0.3 is 0 Å². The van der Waals surface area contributed by atoms with Gasteiger partial charge in [0, 0.05) is 17.7 Å². The van der Waals surface area contributed by atoms with Crippen LogP contribution in [-0.4, -0.2) is 19.8 Å². The molecule has 1 aliphatic rings. The summed E-state index contributed by atoms with van der Waals surface area (Å²) in [6.07, 6.45) is 5.92. The standard InChI is InChI=1S/C15H18N2O2/c1-9(2)11-5-12(15(19)6-14(11)18)13-7-16-8-17(13)10-3-4-10/h5-10,18-19H,3-4H2,1-2H3. The molecule has 0 saturated heterocycles. The molecular weight excluding hydrogens is 240 g/mol. The van der Waals surface area contributed by atoms with Gasteiger partial charge in [0.15, 0.2) is 0 Å². The summed E-state index contributed by atoms with van der Waals surface area (Å²) in [4.78, 5) is 4.19. The highest BCUT2D eigenvalue weighted by atomic mass is 16.3. The van der Waals surface area contributed by atoms with Crippen LogP contribution >= 0.6 is 0 Å². The van der Waals surface area contributed by atoms with Crippen LogP contribution in [0.5, 0.6) is 11.5 Å². The molecule has 0 unspecified atom stereocenters. The van der Waals surface area contributed by atoms with E-state index in [0.717, 1.165) is 16.8 Å². The smallest absolute Gasteiger partial charge is 0.128 e. The van der Waals surface area contributed by atoms with E-state index in [2.05, 4.69) is 9.55 Å². The average molecular weight is 258 g/mol. The van der Waals surface area contributed by atoms with Crippen LogP contribution in [0.4, 0.5) is 0 Å². The third-order valence-corrected chi connectivity index (χ3v) is 3.65. The van der Waals surface area contributed by atoms with E-state index in [1.807, 2.05) is 26.2 Å². The van der Waals surface area contributed by atoms with Crippen molar-refractivity contribution in [2.75, 3.05) is 0 Å². The molecule has 1 heterocycles. The number of phenolic OH excluding ortho intramolecular Hbond substituents is 2. The number of hydrogen-bond acceptors (Lipinski definition) is 3. The molecule has 0 bridgehead atoms. The molecule has 1 saturated carbocycles. The molecule has 100 valence electrons. The molecule has 19 heavy (non-hydrogen) atoms. The molecule has 4 heteroatoms. The summed E-state index contributed by atoms with van der Waals surface area (Å²) in [6.45, 7) is 4.04. The fraction of sp³-hybridized carbons (Fsp3) is 0.400. The molecule has 0 spiro atoms. The van der Waals surface area contributed by atoms with Gasteiger partial charge in [0.05, 0.1) is 18.2 Å². The molecule has 1 aromatic carbocycles. The number of benzene rings is 1. The summed E-state index contributed by atoms with van der Waals surface area (Å²) in [5, 5.41) is 20.0. The fourth-order valence-corrected chi connectivity index (χ4v) is 2.42. The monoisotopic (exact) mass is 258 g/mol. The zero-order valence-electron chi connectivity index (χ0n) is 11.2. The van der Waals surface area contributed by atoms with Gasteiger partial charge in [-0.1, -0.05) is 13.8 Å². The Morgan fingerprint density at radius 2 is 1.95 bits per heavy atom. The topological polar surface area (TPSA) is 58.3 Å².